The number of likely N-dealkylation sites (tertiary alicyclic amines) is 1. The Morgan fingerprint density at radius 3 is 2.20 bits per heavy atom. The molecule has 1 fully saturated rings. The fourth-order valence-electron chi connectivity index (χ4n) is 2.81. The fraction of sp³-hybridized carbons (Fsp3) is 0.588. The number of benzene rings is 1. The van der Waals surface area contributed by atoms with E-state index in [2.05, 4.69) is 5.32 Å². The highest BCUT2D eigenvalue weighted by atomic mass is 35.5. The van der Waals surface area contributed by atoms with E-state index in [-0.39, 0.29) is 30.7 Å². The van der Waals surface area contributed by atoms with Crippen LogP contribution >= 0.6 is 24.8 Å². The fourth-order valence-corrected chi connectivity index (χ4v) is 2.81. The first-order valence-corrected chi connectivity index (χ1v) is 8.13. The van der Waals surface area contributed by atoms with Crippen molar-refractivity contribution in [1.82, 2.24) is 4.90 Å². The second kappa shape index (κ2) is 12.1. The number of methoxy groups -OCH3 is 2. The summed E-state index contributed by atoms with van der Waals surface area (Å²) < 4.78 is 10.6. The van der Waals surface area contributed by atoms with Crippen molar-refractivity contribution in [1.29, 1.82) is 0 Å². The van der Waals surface area contributed by atoms with E-state index in [9.17, 15) is 4.79 Å². The van der Waals surface area contributed by atoms with Crippen molar-refractivity contribution in [3.8, 4) is 11.5 Å². The topological polar surface area (TPSA) is 76.8 Å². The van der Waals surface area contributed by atoms with Crippen molar-refractivity contribution in [2.24, 2.45) is 5.73 Å². The minimum atomic E-state index is 0. The Hall–Kier alpha value is -1.37. The molecular formula is C17H29Cl2N3O3. The highest BCUT2D eigenvalue weighted by Gasteiger charge is 2.22. The smallest absolute Gasteiger partial charge is 0.222 e. The summed E-state index contributed by atoms with van der Waals surface area (Å²) in [7, 11) is 3.29. The molecule has 0 saturated carbocycles. The first kappa shape index (κ1) is 23.6. The summed E-state index contributed by atoms with van der Waals surface area (Å²) >= 11 is 0. The molecular weight excluding hydrogens is 365 g/mol. The summed E-state index contributed by atoms with van der Waals surface area (Å²) in [5, 5.41) is 3.51. The van der Waals surface area contributed by atoms with Gasteiger partial charge in [-0.15, -0.1) is 24.8 Å². The summed E-state index contributed by atoms with van der Waals surface area (Å²) in [4.78, 5) is 14.0. The molecule has 1 aliphatic rings. The molecule has 0 radical (unpaired) electrons. The molecule has 0 unspecified atom stereocenters. The molecule has 1 aliphatic heterocycles. The molecule has 1 amide bonds. The van der Waals surface area contributed by atoms with Gasteiger partial charge in [0.2, 0.25) is 5.91 Å². The zero-order chi connectivity index (χ0) is 16.7. The van der Waals surface area contributed by atoms with Crippen LogP contribution in [-0.2, 0) is 4.79 Å². The van der Waals surface area contributed by atoms with Crippen LogP contribution in [-0.4, -0.2) is 50.7 Å². The van der Waals surface area contributed by atoms with E-state index in [0.717, 1.165) is 49.5 Å². The number of anilines is 1. The molecule has 144 valence electrons. The van der Waals surface area contributed by atoms with Crippen LogP contribution in [0.4, 0.5) is 5.69 Å². The number of carbonyl (C=O) groups is 1. The van der Waals surface area contributed by atoms with Crippen molar-refractivity contribution >= 4 is 36.4 Å². The lowest BCUT2D eigenvalue weighted by Crippen LogP contribution is -2.42. The van der Waals surface area contributed by atoms with E-state index in [1.54, 1.807) is 14.2 Å². The third kappa shape index (κ3) is 7.18. The first-order valence-electron chi connectivity index (χ1n) is 8.13. The lowest BCUT2D eigenvalue weighted by molar-refractivity contribution is -0.132. The average molecular weight is 394 g/mol. The second-order valence-electron chi connectivity index (χ2n) is 5.79. The molecule has 3 N–H and O–H groups in total. The molecule has 0 aliphatic carbocycles. The molecule has 25 heavy (non-hydrogen) atoms. The van der Waals surface area contributed by atoms with Crippen molar-refractivity contribution in [3.05, 3.63) is 18.2 Å². The van der Waals surface area contributed by atoms with E-state index < -0.39 is 0 Å². The van der Waals surface area contributed by atoms with E-state index in [1.165, 1.54) is 0 Å². The SMILES string of the molecule is COc1cc(NC2CCN(C(=O)CCCN)CC2)cc(OC)c1.Cl.Cl. The zero-order valence-corrected chi connectivity index (χ0v) is 16.5. The third-order valence-electron chi connectivity index (χ3n) is 4.16. The molecule has 0 aromatic heterocycles. The van der Waals surface area contributed by atoms with Gasteiger partial charge in [0.15, 0.2) is 0 Å². The third-order valence-corrected chi connectivity index (χ3v) is 4.16. The van der Waals surface area contributed by atoms with E-state index in [4.69, 9.17) is 15.2 Å². The van der Waals surface area contributed by atoms with E-state index >= 15 is 0 Å². The van der Waals surface area contributed by atoms with Crippen LogP contribution in [0.5, 0.6) is 11.5 Å². The van der Waals surface area contributed by atoms with Gasteiger partial charge in [0.05, 0.1) is 14.2 Å². The zero-order valence-electron chi connectivity index (χ0n) is 14.8. The van der Waals surface area contributed by atoms with Crippen LogP contribution in [0.1, 0.15) is 25.7 Å². The molecule has 1 aromatic carbocycles. The lowest BCUT2D eigenvalue weighted by atomic mass is 10.0. The average Bonchev–Trinajstić information content (AvgIpc) is 2.59. The number of hydrogen-bond donors (Lipinski definition) is 2. The molecule has 6 nitrogen and oxygen atoms in total. The van der Waals surface area contributed by atoms with Crippen molar-refractivity contribution in [2.75, 3.05) is 39.2 Å². The number of rotatable bonds is 7. The van der Waals surface area contributed by atoms with Crippen LogP contribution in [0.15, 0.2) is 18.2 Å². The van der Waals surface area contributed by atoms with Gasteiger partial charge in [-0.05, 0) is 25.8 Å². The van der Waals surface area contributed by atoms with Crippen molar-refractivity contribution in [2.45, 2.75) is 31.7 Å². The van der Waals surface area contributed by atoms with Crippen molar-refractivity contribution in [3.63, 3.8) is 0 Å². The van der Waals surface area contributed by atoms with Gasteiger partial charge in [-0.1, -0.05) is 0 Å². The Bertz CT molecular complexity index is 502. The maximum Gasteiger partial charge on any atom is 0.222 e. The molecule has 0 bridgehead atoms. The maximum atomic E-state index is 12.0. The van der Waals surface area contributed by atoms with Crippen LogP contribution in [0, 0.1) is 0 Å². The Kier molecular flexibility index (Phi) is 11.4. The monoisotopic (exact) mass is 393 g/mol. The van der Waals surface area contributed by atoms with Gasteiger partial charge in [0.25, 0.3) is 0 Å². The van der Waals surface area contributed by atoms with Crippen LogP contribution < -0.4 is 20.5 Å². The summed E-state index contributed by atoms with van der Waals surface area (Å²) in [5.41, 5.74) is 6.44. The highest BCUT2D eigenvalue weighted by Crippen LogP contribution is 2.27. The second-order valence-corrected chi connectivity index (χ2v) is 5.79. The molecule has 8 heteroatoms. The number of amides is 1. The van der Waals surface area contributed by atoms with Crippen LogP contribution in [0.2, 0.25) is 0 Å². The van der Waals surface area contributed by atoms with Gasteiger partial charge in [0, 0.05) is 49.4 Å². The number of carbonyl (C=O) groups excluding carboxylic acids is 1. The summed E-state index contributed by atoms with van der Waals surface area (Å²) in [5.74, 6) is 1.75. The number of nitrogens with one attached hydrogen (secondary N) is 1. The number of ether oxygens (including phenoxy) is 2. The molecule has 1 aromatic rings. The Morgan fingerprint density at radius 1 is 1.16 bits per heavy atom. The van der Waals surface area contributed by atoms with E-state index in [0.29, 0.717) is 19.0 Å². The molecule has 1 saturated heterocycles. The van der Waals surface area contributed by atoms with Gasteiger partial charge in [-0.25, -0.2) is 0 Å². The van der Waals surface area contributed by atoms with Crippen LogP contribution in [0.3, 0.4) is 0 Å². The molecule has 1 heterocycles. The standard InChI is InChI=1S/C17H27N3O3.2ClH/c1-22-15-10-14(11-16(12-15)23-2)19-13-5-8-20(9-6-13)17(21)4-3-7-18;;/h10-13,19H,3-9,18H2,1-2H3;2*1H. The van der Waals surface area contributed by atoms with Gasteiger partial charge >= 0.3 is 0 Å². The number of hydrogen-bond acceptors (Lipinski definition) is 5. The Morgan fingerprint density at radius 2 is 1.72 bits per heavy atom. The predicted octanol–water partition coefficient (Wildman–Crippen LogP) is 2.69. The lowest BCUT2D eigenvalue weighted by Gasteiger charge is -2.33. The number of nitrogens with zero attached hydrogens (tertiary/aromatic N) is 1. The van der Waals surface area contributed by atoms with Gasteiger partial charge in [-0.2, -0.15) is 0 Å². The number of nitrogens with two attached hydrogens (primary N) is 1. The van der Waals surface area contributed by atoms with E-state index in [1.807, 2.05) is 23.1 Å². The molecule has 0 spiro atoms. The maximum absolute atomic E-state index is 12.0. The largest absolute Gasteiger partial charge is 0.497 e. The Labute approximate surface area is 162 Å². The molecule has 0 atom stereocenters. The first-order chi connectivity index (χ1) is 11.2. The minimum absolute atomic E-state index is 0. The number of halogens is 2. The summed E-state index contributed by atoms with van der Waals surface area (Å²) in [6, 6.07) is 6.12. The highest BCUT2D eigenvalue weighted by molar-refractivity contribution is 5.85. The minimum Gasteiger partial charge on any atom is -0.497 e. The van der Waals surface area contributed by atoms with Gasteiger partial charge in [0.1, 0.15) is 11.5 Å². The van der Waals surface area contributed by atoms with Gasteiger partial charge < -0.3 is 25.4 Å². The summed E-state index contributed by atoms with van der Waals surface area (Å²) in [6.07, 6.45) is 3.20. The summed E-state index contributed by atoms with van der Waals surface area (Å²) in [6.45, 7) is 2.16. The molecule has 2 rings (SSSR count). The normalized spacial score (nSPS) is 14.1. The number of piperidine rings is 1. The van der Waals surface area contributed by atoms with Crippen molar-refractivity contribution < 1.29 is 14.3 Å². The Balaban J connectivity index is 0.00000288. The van der Waals surface area contributed by atoms with Crippen LogP contribution in [0.25, 0.3) is 0 Å². The van der Waals surface area contributed by atoms with Gasteiger partial charge in [-0.3, -0.25) is 4.79 Å². The quantitative estimate of drug-likeness (QED) is 0.744. The predicted molar refractivity (Wildman–Crippen MR) is 106 cm³/mol.